The van der Waals surface area contributed by atoms with E-state index in [4.69, 9.17) is 11.6 Å². The fraction of sp³-hybridized carbons (Fsp3) is 0.0357. The van der Waals surface area contributed by atoms with E-state index in [9.17, 15) is 14.0 Å². The second-order valence-electron chi connectivity index (χ2n) is 7.55. The lowest BCUT2D eigenvalue weighted by molar-refractivity contribution is -0.120. The third-order valence-corrected chi connectivity index (χ3v) is 5.48. The number of hydrogen-bond donors (Lipinski definition) is 1. The van der Waals surface area contributed by atoms with Crippen LogP contribution in [0.15, 0.2) is 108 Å². The third-order valence-electron chi connectivity index (χ3n) is 5.23. The Morgan fingerprint density at radius 3 is 2.18 bits per heavy atom. The Hall–Kier alpha value is -4.09. The van der Waals surface area contributed by atoms with Gasteiger partial charge in [-0.25, -0.2) is 9.38 Å². The van der Waals surface area contributed by atoms with Crippen LogP contribution in [0.4, 0.5) is 10.1 Å². The van der Waals surface area contributed by atoms with Crippen molar-refractivity contribution >= 4 is 35.3 Å². The second kappa shape index (κ2) is 10.7. The fourth-order valence-electron chi connectivity index (χ4n) is 3.55. The van der Waals surface area contributed by atoms with Crippen LogP contribution in [0.5, 0.6) is 0 Å². The van der Waals surface area contributed by atoms with Gasteiger partial charge in [0.1, 0.15) is 5.82 Å². The van der Waals surface area contributed by atoms with Crippen molar-refractivity contribution in [3.63, 3.8) is 0 Å². The first-order chi connectivity index (χ1) is 16.5. The van der Waals surface area contributed by atoms with Gasteiger partial charge < -0.3 is 5.32 Å². The molecular weight excluding hydrogens is 451 g/mol. The maximum absolute atomic E-state index is 13.6. The van der Waals surface area contributed by atoms with Crippen LogP contribution in [0, 0.1) is 5.82 Å². The van der Waals surface area contributed by atoms with Crippen LogP contribution in [0.2, 0.25) is 5.02 Å². The molecule has 4 aromatic carbocycles. The van der Waals surface area contributed by atoms with E-state index in [1.54, 1.807) is 84.9 Å². The minimum absolute atomic E-state index is 0.148. The van der Waals surface area contributed by atoms with E-state index >= 15 is 0 Å². The molecule has 0 spiro atoms. The number of amides is 1. The Bertz CT molecular complexity index is 1320. The Kier molecular flexibility index (Phi) is 7.25. The monoisotopic (exact) mass is 470 g/mol. The van der Waals surface area contributed by atoms with Crippen molar-refractivity contribution in [1.29, 1.82) is 0 Å². The first-order valence-electron chi connectivity index (χ1n) is 10.5. The predicted octanol–water partition coefficient (Wildman–Crippen LogP) is 6.32. The molecule has 1 unspecified atom stereocenters. The number of nitrogens with zero attached hydrogens (tertiary/aromatic N) is 1. The summed E-state index contributed by atoms with van der Waals surface area (Å²) >= 11 is 5.89. The third kappa shape index (κ3) is 5.63. The van der Waals surface area contributed by atoms with E-state index < -0.39 is 11.7 Å². The summed E-state index contributed by atoms with van der Waals surface area (Å²) in [5.41, 5.74) is 2.82. The largest absolute Gasteiger partial charge is 0.316 e. The van der Waals surface area contributed by atoms with E-state index in [2.05, 4.69) is 10.3 Å². The molecule has 0 bridgehead atoms. The van der Waals surface area contributed by atoms with Crippen molar-refractivity contribution in [3.05, 3.63) is 136 Å². The van der Waals surface area contributed by atoms with Crippen molar-refractivity contribution < 1.29 is 14.0 Å². The quantitative estimate of drug-likeness (QED) is 0.195. The highest BCUT2D eigenvalue weighted by Gasteiger charge is 2.23. The molecular formula is C28H20ClFN2O2. The highest BCUT2D eigenvalue weighted by atomic mass is 35.5. The van der Waals surface area contributed by atoms with E-state index in [0.717, 1.165) is 0 Å². The van der Waals surface area contributed by atoms with Gasteiger partial charge in [-0.3, -0.25) is 9.59 Å². The van der Waals surface area contributed by atoms with Gasteiger partial charge in [0.2, 0.25) is 5.91 Å². The zero-order valence-corrected chi connectivity index (χ0v) is 18.7. The molecule has 0 saturated carbocycles. The Balaban J connectivity index is 1.64. The predicted molar refractivity (Wildman–Crippen MR) is 132 cm³/mol. The number of hydrogen-bond acceptors (Lipinski definition) is 3. The molecule has 4 rings (SSSR count). The van der Waals surface area contributed by atoms with Gasteiger partial charge in [-0.2, -0.15) is 0 Å². The van der Waals surface area contributed by atoms with Crippen molar-refractivity contribution in [2.45, 2.75) is 5.92 Å². The van der Waals surface area contributed by atoms with Crippen LogP contribution >= 0.6 is 11.6 Å². The molecule has 0 aliphatic carbocycles. The molecule has 0 radical (unpaired) electrons. The van der Waals surface area contributed by atoms with E-state index in [1.807, 2.05) is 6.07 Å². The van der Waals surface area contributed by atoms with Gasteiger partial charge in [-0.15, -0.1) is 0 Å². The summed E-state index contributed by atoms with van der Waals surface area (Å²) in [5, 5.41) is 3.28. The summed E-state index contributed by atoms with van der Waals surface area (Å²) in [6, 6.07) is 28.4. The van der Waals surface area contributed by atoms with Gasteiger partial charge in [0.15, 0.2) is 5.78 Å². The zero-order chi connectivity index (χ0) is 23.9. The first-order valence-corrected chi connectivity index (χ1v) is 10.9. The second-order valence-corrected chi connectivity index (χ2v) is 7.98. The summed E-state index contributed by atoms with van der Waals surface area (Å²) < 4.78 is 13.6. The summed E-state index contributed by atoms with van der Waals surface area (Å²) in [7, 11) is 0. The van der Waals surface area contributed by atoms with E-state index in [-0.39, 0.29) is 11.7 Å². The standard InChI is InChI=1S/C28H20ClFN2O2/c29-23-11-15-25(16-12-23)31-18-32-28(34)26(19-9-13-24(30)14-10-19)21-7-4-8-22(17-21)27(33)20-5-2-1-3-6-20/h1-18,26H,(H,31,32,34). The molecule has 0 heterocycles. The van der Waals surface area contributed by atoms with Crippen LogP contribution < -0.4 is 5.32 Å². The number of ketones is 1. The van der Waals surface area contributed by atoms with Crippen LogP contribution in [-0.4, -0.2) is 18.0 Å². The van der Waals surface area contributed by atoms with Crippen LogP contribution in [0.1, 0.15) is 33.0 Å². The van der Waals surface area contributed by atoms with Crippen LogP contribution in [0.3, 0.4) is 0 Å². The molecule has 0 aromatic heterocycles. The van der Waals surface area contributed by atoms with Crippen molar-refractivity contribution in [3.8, 4) is 0 Å². The molecule has 1 N–H and O–H groups in total. The number of rotatable bonds is 7. The molecule has 34 heavy (non-hydrogen) atoms. The molecule has 1 atom stereocenters. The first kappa shape index (κ1) is 23.1. The summed E-state index contributed by atoms with van der Waals surface area (Å²) in [5.74, 6) is -1.69. The van der Waals surface area contributed by atoms with Crippen molar-refractivity contribution in [1.82, 2.24) is 5.32 Å². The summed E-state index contributed by atoms with van der Waals surface area (Å²) in [6.45, 7) is 0. The lowest BCUT2D eigenvalue weighted by Gasteiger charge is -2.17. The maximum Gasteiger partial charge on any atom is 0.237 e. The fourth-order valence-corrected chi connectivity index (χ4v) is 3.67. The lowest BCUT2D eigenvalue weighted by Crippen LogP contribution is -2.29. The molecule has 6 heteroatoms. The van der Waals surface area contributed by atoms with Crippen LogP contribution in [-0.2, 0) is 4.79 Å². The van der Waals surface area contributed by atoms with E-state index in [0.29, 0.717) is 33.0 Å². The van der Waals surface area contributed by atoms with Crippen molar-refractivity contribution in [2.24, 2.45) is 4.99 Å². The topological polar surface area (TPSA) is 58.5 Å². The minimum atomic E-state index is -0.777. The molecule has 0 aliphatic rings. The number of halogens is 2. The Labute approximate surface area is 201 Å². The molecule has 4 aromatic rings. The number of aliphatic imine (C=N–C) groups is 1. The van der Waals surface area contributed by atoms with E-state index in [1.165, 1.54) is 18.5 Å². The normalized spacial score (nSPS) is 11.8. The Morgan fingerprint density at radius 2 is 1.47 bits per heavy atom. The minimum Gasteiger partial charge on any atom is -0.316 e. The van der Waals surface area contributed by atoms with Gasteiger partial charge in [-0.1, -0.05) is 72.3 Å². The van der Waals surface area contributed by atoms with Gasteiger partial charge in [0.25, 0.3) is 0 Å². The average molecular weight is 471 g/mol. The van der Waals surface area contributed by atoms with Gasteiger partial charge >= 0.3 is 0 Å². The molecule has 0 fully saturated rings. The lowest BCUT2D eigenvalue weighted by atomic mass is 9.88. The molecule has 0 aliphatic heterocycles. The van der Waals surface area contributed by atoms with Crippen LogP contribution in [0.25, 0.3) is 0 Å². The number of carbonyl (C=O) groups is 2. The smallest absolute Gasteiger partial charge is 0.237 e. The molecule has 0 saturated heterocycles. The maximum atomic E-state index is 13.6. The number of nitrogens with one attached hydrogen (secondary N) is 1. The molecule has 168 valence electrons. The number of carbonyl (C=O) groups excluding carboxylic acids is 2. The average Bonchev–Trinajstić information content (AvgIpc) is 2.87. The van der Waals surface area contributed by atoms with Gasteiger partial charge in [0, 0.05) is 16.1 Å². The Morgan fingerprint density at radius 1 is 0.794 bits per heavy atom. The zero-order valence-electron chi connectivity index (χ0n) is 18.0. The van der Waals surface area contributed by atoms with Gasteiger partial charge in [0.05, 0.1) is 17.9 Å². The SMILES string of the molecule is O=C(c1ccccc1)c1cccc(C(C(=O)NC=Nc2ccc(Cl)cc2)c2ccc(F)cc2)c1. The molecule has 1 amide bonds. The van der Waals surface area contributed by atoms with Crippen molar-refractivity contribution in [2.75, 3.05) is 0 Å². The highest BCUT2D eigenvalue weighted by molar-refractivity contribution is 6.30. The number of benzene rings is 4. The highest BCUT2D eigenvalue weighted by Crippen LogP contribution is 2.27. The summed E-state index contributed by atoms with van der Waals surface area (Å²) in [6.07, 6.45) is 1.31. The summed E-state index contributed by atoms with van der Waals surface area (Å²) in [4.78, 5) is 30.4. The van der Waals surface area contributed by atoms with Gasteiger partial charge in [-0.05, 0) is 53.6 Å². The molecule has 4 nitrogen and oxygen atoms in total.